The van der Waals surface area contributed by atoms with Crippen molar-refractivity contribution >= 4 is 68.4 Å². The van der Waals surface area contributed by atoms with Crippen LogP contribution in [0, 0.1) is 0 Å². The summed E-state index contributed by atoms with van der Waals surface area (Å²) in [7, 11) is 5.24. The third-order valence-corrected chi connectivity index (χ3v) is 5.46. The number of nitrogens with one attached hydrogen (secondary N) is 5. The van der Waals surface area contributed by atoms with E-state index in [1.807, 2.05) is 35.0 Å². The molecule has 0 saturated heterocycles. The first-order chi connectivity index (χ1) is 15.2. The van der Waals surface area contributed by atoms with Crippen molar-refractivity contribution in [3.05, 3.63) is 35.0 Å². The number of anilines is 8. The highest BCUT2D eigenvalue weighted by Gasteiger charge is 2.19. The summed E-state index contributed by atoms with van der Waals surface area (Å²) < 4.78 is 0. The van der Waals surface area contributed by atoms with Crippen LogP contribution in [0.25, 0.3) is 0 Å². The van der Waals surface area contributed by atoms with Crippen LogP contribution >= 0.6 is 22.7 Å². The van der Waals surface area contributed by atoms with Gasteiger partial charge in [0.15, 0.2) is 0 Å². The Bertz CT molecular complexity index is 1090. The van der Waals surface area contributed by atoms with Crippen LogP contribution in [-0.2, 0) is 0 Å². The van der Waals surface area contributed by atoms with Gasteiger partial charge in [-0.1, -0.05) is 0 Å². The molecule has 0 aliphatic rings. The molecule has 0 bridgehead atoms. The second-order valence-electron chi connectivity index (χ2n) is 5.84. The van der Waals surface area contributed by atoms with E-state index in [0.29, 0.717) is 35.7 Å². The van der Waals surface area contributed by atoms with Gasteiger partial charge in [0.25, 0.3) is 5.95 Å². The monoisotopic (exact) mass is 456 g/mol. The molecule has 0 unspecified atom stereocenters. The fraction of sp³-hybridized carbons (Fsp3) is 0.176. The smallest absolute Gasteiger partial charge is 0.256 e. The molecule has 0 fully saturated rings. The molecule has 0 aliphatic carbocycles. The quantitative estimate of drug-likeness (QED) is 0.236. The van der Waals surface area contributed by atoms with Gasteiger partial charge >= 0.3 is 0 Å². The van der Waals surface area contributed by atoms with Crippen molar-refractivity contribution in [3.8, 4) is 0 Å². The molecule has 4 heterocycles. The molecule has 0 atom stereocenters. The fourth-order valence-electron chi connectivity index (χ4n) is 2.44. The third-order valence-electron chi connectivity index (χ3n) is 3.82. The first kappa shape index (κ1) is 20.5. The lowest BCUT2D eigenvalue weighted by atomic mass is 10.6. The lowest BCUT2D eigenvalue weighted by Crippen LogP contribution is -2.28. The molecule has 31 heavy (non-hydrogen) atoms. The maximum absolute atomic E-state index is 4.50. The van der Waals surface area contributed by atoms with Crippen LogP contribution < -0.4 is 31.7 Å². The number of rotatable bonds is 9. The average Bonchev–Trinajstić information content (AvgIpc) is 3.51. The normalized spacial score (nSPS) is 10.4. The zero-order chi connectivity index (χ0) is 21.6. The molecule has 12 nitrogen and oxygen atoms in total. The maximum Gasteiger partial charge on any atom is 0.256 e. The highest BCUT2D eigenvalue weighted by molar-refractivity contribution is 7.14. The molecule has 4 rings (SSSR count). The molecule has 0 saturated carbocycles. The second kappa shape index (κ2) is 9.36. The van der Waals surface area contributed by atoms with E-state index in [0.717, 1.165) is 10.0 Å². The minimum absolute atomic E-state index is 0.309. The summed E-state index contributed by atoms with van der Waals surface area (Å²) in [6.07, 6.45) is 0. The predicted molar refractivity (Wildman–Crippen MR) is 126 cm³/mol. The molecule has 14 heteroatoms. The number of thiophene rings is 2. The van der Waals surface area contributed by atoms with Gasteiger partial charge in [0.1, 0.15) is 5.00 Å². The topological polar surface area (TPSA) is 141 Å². The van der Waals surface area contributed by atoms with Crippen LogP contribution in [0.1, 0.15) is 0 Å². The summed E-state index contributed by atoms with van der Waals surface area (Å²) in [6, 6.07) is 7.76. The fourth-order valence-corrected chi connectivity index (χ4v) is 3.74. The zero-order valence-corrected chi connectivity index (χ0v) is 18.5. The third kappa shape index (κ3) is 4.87. The van der Waals surface area contributed by atoms with Gasteiger partial charge in [0.05, 0.1) is 5.00 Å². The van der Waals surface area contributed by atoms with Crippen LogP contribution in [0.3, 0.4) is 0 Å². The highest BCUT2D eigenvalue weighted by atomic mass is 32.1. The Morgan fingerprint density at radius 2 is 1.26 bits per heavy atom. The van der Waals surface area contributed by atoms with Crippen molar-refractivity contribution < 1.29 is 0 Å². The van der Waals surface area contributed by atoms with E-state index in [-0.39, 0.29) is 0 Å². The first-order valence-electron chi connectivity index (χ1n) is 9.14. The Kier molecular flexibility index (Phi) is 6.18. The second-order valence-corrected chi connectivity index (χ2v) is 7.71. The Morgan fingerprint density at radius 1 is 0.677 bits per heavy atom. The summed E-state index contributed by atoms with van der Waals surface area (Å²) in [4.78, 5) is 26.5. The highest BCUT2D eigenvalue weighted by Crippen LogP contribution is 2.29. The summed E-state index contributed by atoms with van der Waals surface area (Å²) >= 11 is 3.06. The Labute approximate surface area is 186 Å². The van der Waals surface area contributed by atoms with Crippen LogP contribution in [0.4, 0.5) is 45.7 Å². The van der Waals surface area contributed by atoms with Gasteiger partial charge in [-0.3, -0.25) is 5.43 Å². The van der Waals surface area contributed by atoms with Crippen molar-refractivity contribution in [1.29, 1.82) is 0 Å². The van der Waals surface area contributed by atoms with E-state index < -0.39 is 0 Å². The van der Waals surface area contributed by atoms with E-state index >= 15 is 0 Å². The molecule has 0 aliphatic heterocycles. The van der Waals surface area contributed by atoms with Gasteiger partial charge in [0, 0.05) is 21.1 Å². The van der Waals surface area contributed by atoms with Gasteiger partial charge in [-0.15, -0.1) is 22.7 Å². The molecule has 4 aromatic heterocycles. The lowest BCUT2D eigenvalue weighted by molar-refractivity contribution is 0.956. The van der Waals surface area contributed by atoms with Gasteiger partial charge in [-0.05, 0) is 35.0 Å². The molecule has 0 spiro atoms. The zero-order valence-electron chi connectivity index (χ0n) is 16.9. The van der Waals surface area contributed by atoms with Crippen molar-refractivity contribution in [2.24, 2.45) is 0 Å². The lowest BCUT2D eigenvalue weighted by Gasteiger charge is -2.22. The number of hydrogen-bond donors (Lipinski definition) is 5. The summed E-state index contributed by atoms with van der Waals surface area (Å²) in [5.74, 6) is 2.33. The van der Waals surface area contributed by atoms with Gasteiger partial charge in [-0.2, -0.15) is 29.9 Å². The molecule has 4 aromatic rings. The van der Waals surface area contributed by atoms with E-state index in [9.17, 15) is 0 Å². The molecular formula is C17H20N12S2. The van der Waals surface area contributed by atoms with E-state index in [1.165, 1.54) is 11.3 Å². The average molecular weight is 457 g/mol. The number of nitrogens with zero attached hydrogens (tertiary/aromatic N) is 7. The standard InChI is InChI=1S/C17H20N12S2/c1-18-12-23-15(21-10-6-4-8-30-10)25-16(24-12)28-29(11-7-5-9-31-11)17-26-13(19-2)22-14(20-3)27-17/h4-9H,1-3H3,(H2,19,20,22,26,27)(H3,18,21,23,24,25,28). The molecule has 0 radical (unpaired) electrons. The number of hydrogen-bond acceptors (Lipinski definition) is 14. The number of hydrazine groups is 1. The van der Waals surface area contributed by atoms with Gasteiger partial charge in [-0.25, -0.2) is 5.01 Å². The molecule has 160 valence electrons. The van der Waals surface area contributed by atoms with Crippen LogP contribution in [0.15, 0.2) is 35.0 Å². The molecular weight excluding hydrogens is 436 g/mol. The van der Waals surface area contributed by atoms with Crippen molar-refractivity contribution in [2.45, 2.75) is 0 Å². The van der Waals surface area contributed by atoms with E-state index in [2.05, 4.69) is 56.6 Å². The van der Waals surface area contributed by atoms with Crippen molar-refractivity contribution in [1.82, 2.24) is 29.9 Å². The number of aromatic nitrogens is 6. The van der Waals surface area contributed by atoms with Crippen LogP contribution in [0.5, 0.6) is 0 Å². The first-order valence-corrected chi connectivity index (χ1v) is 10.9. The molecule has 5 N–H and O–H groups in total. The largest absolute Gasteiger partial charge is 0.357 e. The summed E-state index contributed by atoms with van der Waals surface area (Å²) in [5, 5.41) is 19.4. The van der Waals surface area contributed by atoms with Crippen LogP contribution in [0.2, 0.25) is 0 Å². The molecule has 0 aromatic carbocycles. The van der Waals surface area contributed by atoms with E-state index in [1.54, 1.807) is 37.5 Å². The summed E-state index contributed by atoms with van der Waals surface area (Å²) in [5.41, 5.74) is 3.19. The Hall–Kier alpha value is -3.78. The minimum atomic E-state index is 0.309. The summed E-state index contributed by atoms with van der Waals surface area (Å²) in [6.45, 7) is 0. The van der Waals surface area contributed by atoms with Crippen LogP contribution in [-0.4, -0.2) is 51.0 Å². The van der Waals surface area contributed by atoms with Gasteiger partial charge < -0.3 is 21.3 Å². The van der Waals surface area contributed by atoms with Gasteiger partial charge in [0.2, 0.25) is 29.7 Å². The predicted octanol–water partition coefficient (Wildman–Crippen LogP) is 3.21. The Balaban J connectivity index is 1.71. The Morgan fingerprint density at radius 3 is 1.87 bits per heavy atom. The molecule has 0 amide bonds. The maximum atomic E-state index is 4.50. The minimum Gasteiger partial charge on any atom is -0.357 e. The van der Waals surface area contributed by atoms with Crippen molar-refractivity contribution in [2.75, 3.05) is 52.8 Å². The SMILES string of the molecule is CNc1nc(Nc2cccs2)nc(NN(c2nc(NC)nc(NC)n2)c2cccs2)n1. The van der Waals surface area contributed by atoms with E-state index in [4.69, 9.17) is 0 Å². The van der Waals surface area contributed by atoms with Crippen molar-refractivity contribution in [3.63, 3.8) is 0 Å².